The molecule has 1 aromatic carbocycles. The Bertz CT molecular complexity index is 538. The van der Waals surface area contributed by atoms with Crippen molar-refractivity contribution in [1.82, 2.24) is 4.90 Å². The fourth-order valence-electron chi connectivity index (χ4n) is 2.40. The van der Waals surface area contributed by atoms with Gasteiger partial charge in [0.25, 0.3) is 5.91 Å². The smallest absolute Gasteiger partial charge is 0.257 e. The van der Waals surface area contributed by atoms with Gasteiger partial charge in [-0.25, -0.2) is 0 Å². The Hall–Kier alpha value is -2.04. The summed E-state index contributed by atoms with van der Waals surface area (Å²) in [6.45, 7) is 5.03. The Kier molecular flexibility index (Phi) is 4.83. The van der Waals surface area contributed by atoms with Crippen LogP contribution in [-0.4, -0.2) is 36.9 Å². The fourth-order valence-corrected chi connectivity index (χ4v) is 2.40. The number of nitrogens with zero attached hydrogens (tertiary/aromatic N) is 1. The van der Waals surface area contributed by atoms with Gasteiger partial charge in [0.15, 0.2) is 0 Å². The number of hydrogen-bond donors (Lipinski definition) is 1. The van der Waals surface area contributed by atoms with E-state index in [1.54, 1.807) is 30.1 Å². The first-order valence-corrected chi connectivity index (χ1v) is 7.40. The third-order valence-electron chi connectivity index (χ3n) is 3.86. The first-order chi connectivity index (χ1) is 10.1. The van der Waals surface area contributed by atoms with Gasteiger partial charge >= 0.3 is 0 Å². The minimum atomic E-state index is -0.0823. The van der Waals surface area contributed by atoms with E-state index in [1.807, 2.05) is 13.8 Å². The van der Waals surface area contributed by atoms with E-state index >= 15 is 0 Å². The first kappa shape index (κ1) is 15.4. The standard InChI is InChI=1S/C16H22N2O3/c1-4-11(5-2)15(19)17-12-6-7-14-13(10-12)16(20)18(3)8-9-21-14/h6-7,10-11H,4-5,8-9H2,1-3H3,(H,17,19). The number of fused-ring (bicyclic) bond motifs is 1. The number of carbonyl (C=O) groups is 2. The summed E-state index contributed by atoms with van der Waals surface area (Å²) in [5.41, 5.74) is 1.13. The van der Waals surface area contributed by atoms with Crippen LogP contribution in [0, 0.1) is 5.92 Å². The van der Waals surface area contributed by atoms with Crippen molar-refractivity contribution in [3.8, 4) is 5.75 Å². The first-order valence-electron chi connectivity index (χ1n) is 7.40. The van der Waals surface area contributed by atoms with Crippen LogP contribution in [0.25, 0.3) is 0 Å². The Morgan fingerprint density at radius 2 is 2.10 bits per heavy atom. The molecule has 21 heavy (non-hydrogen) atoms. The van der Waals surface area contributed by atoms with Crippen LogP contribution in [-0.2, 0) is 4.79 Å². The maximum absolute atomic E-state index is 12.3. The molecule has 1 heterocycles. The molecule has 5 nitrogen and oxygen atoms in total. The number of amides is 2. The number of ether oxygens (including phenoxy) is 1. The van der Waals surface area contributed by atoms with Gasteiger partial charge in [0.2, 0.25) is 5.91 Å². The van der Waals surface area contributed by atoms with E-state index in [-0.39, 0.29) is 17.7 Å². The molecular weight excluding hydrogens is 268 g/mol. The van der Waals surface area contributed by atoms with E-state index in [9.17, 15) is 9.59 Å². The van der Waals surface area contributed by atoms with Crippen molar-refractivity contribution in [2.75, 3.05) is 25.5 Å². The molecule has 0 spiro atoms. The maximum Gasteiger partial charge on any atom is 0.257 e. The van der Waals surface area contributed by atoms with Gasteiger partial charge in [-0.15, -0.1) is 0 Å². The highest BCUT2D eigenvalue weighted by Crippen LogP contribution is 2.26. The zero-order valence-electron chi connectivity index (χ0n) is 12.8. The van der Waals surface area contributed by atoms with Crippen LogP contribution in [0.3, 0.4) is 0 Å². The molecule has 1 N–H and O–H groups in total. The maximum atomic E-state index is 12.3. The highest BCUT2D eigenvalue weighted by Gasteiger charge is 2.22. The molecule has 0 radical (unpaired) electrons. The van der Waals surface area contributed by atoms with Gasteiger partial charge in [-0.1, -0.05) is 13.8 Å². The molecule has 0 unspecified atom stereocenters. The van der Waals surface area contributed by atoms with Gasteiger partial charge in [0, 0.05) is 18.7 Å². The monoisotopic (exact) mass is 290 g/mol. The lowest BCUT2D eigenvalue weighted by atomic mass is 10.0. The van der Waals surface area contributed by atoms with E-state index in [2.05, 4.69) is 5.32 Å². The molecule has 0 bridgehead atoms. The number of nitrogens with one attached hydrogen (secondary N) is 1. The van der Waals surface area contributed by atoms with Crippen LogP contribution in [0.15, 0.2) is 18.2 Å². The molecule has 5 heteroatoms. The normalized spacial score (nSPS) is 14.5. The molecule has 2 rings (SSSR count). The largest absolute Gasteiger partial charge is 0.491 e. The summed E-state index contributed by atoms with van der Waals surface area (Å²) >= 11 is 0. The third-order valence-corrected chi connectivity index (χ3v) is 3.86. The summed E-state index contributed by atoms with van der Waals surface area (Å²) in [6.07, 6.45) is 1.61. The number of benzene rings is 1. The molecule has 2 amide bonds. The summed E-state index contributed by atoms with van der Waals surface area (Å²) in [5, 5.41) is 2.88. The molecule has 0 aromatic heterocycles. The summed E-state index contributed by atoms with van der Waals surface area (Å²) in [6, 6.07) is 5.21. The number of carbonyl (C=O) groups excluding carboxylic acids is 2. The van der Waals surface area contributed by atoms with Crippen molar-refractivity contribution in [3.63, 3.8) is 0 Å². The lowest BCUT2D eigenvalue weighted by Gasteiger charge is -2.15. The average Bonchev–Trinajstić information content (AvgIpc) is 2.61. The van der Waals surface area contributed by atoms with Crippen LogP contribution >= 0.6 is 0 Å². The second kappa shape index (κ2) is 6.61. The van der Waals surface area contributed by atoms with Crippen LogP contribution in [0.4, 0.5) is 5.69 Å². The molecule has 0 aliphatic carbocycles. The van der Waals surface area contributed by atoms with Crippen LogP contribution in [0.2, 0.25) is 0 Å². The lowest BCUT2D eigenvalue weighted by Crippen LogP contribution is -2.28. The minimum Gasteiger partial charge on any atom is -0.491 e. The molecule has 0 fully saturated rings. The van der Waals surface area contributed by atoms with Gasteiger partial charge in [-0.2, -0.15) is 0 Å². The van der Waals surface area contributed by atoms with E-state index in [1.165, 1.54) is 0 Å². The minimum absolute atomic E-state index is 0.00145. The van der Waals surface area contributed by atoms with Gasteiger partial charge in [0.05, 0.1) is 12.1 Å². The van der Waals surface area contributed by atoms with Crippen molar-refractivity contribution in [3.05, 3.63) is 23.8 Å². The number of hydrogen-bond acceptors (Lipinski definition) is 3. The summed E-state index contributed by atoms with van der Waals surface area (Å²) in [4.78, 5) is 26.0. The van der Waals surface area contributed by atoms with Gasteiger partial charge < -0.3 is 15.0 Å². The van der Waals surface area contributed by atoms with E-state index in [0.717, 1.165) is 12.8 Å². The third kappa shape index (κ3) is 3.35. The molecular formula is C16H22N2O3. The van der Waals surface area contributed by atoms with Crippen LogP contribution < -0.4 is 10.1 Å². The second-order valence-corrected chi connectivity index (χ2v) is 5.29. The number of rotatable bonds is 4. The second-order valence-electron chi connectivity index (χ2n) is 5.29. The number of likely N-dealkylation sites (N-methyl/N-ethyl adjacent to an activating group) is 1. The zero-order valence-corrected chi connectivity index (χ0v) is 12.8. The topological polar surface area (TPSA) is 58.6 Å². The zero-order chi connectivity index (χ0) is 15.4. The molecule has 0 saturated carbocycles. The summed E-state index contributed by atoms with van der Waals surface area (Å²) in [7, 11) is 1.75. The number of anilines is 1. The SMILES string of the molecule is CCC(CC)C(=O)Nc1ccc2c(c1)C(=O)N(C)CCO2. The van der Waals surface area contributed by atoms with Crippen LogP contribution in [0.5, 0.6) is 5.75 Å². The van der Waals surface area contributed by atoms with Gasteiger partial charge in [-0.3, -0.25) is 9.59 Å². The fraction of sp³-hybridized carbons (Fsp3) is 0.500. The Balaban J connectivity index is 2.22. The van der Waals surface area contributed by atoms with Crippen molar-refractivity contribution in [2.45, 2.75) is 26.7 Å². The predicted octanol–water partition coefficient (Wildman–Crippen LogP) is 2.53. The molecule has 1 aliphatic heterocycles. The Labute approximate surface area is 125 Å². The van der Waals surface area contributed by atoms with Crippen LogP contribution in [0.1, 0.15) is 37.0 Å². The molecule has 1 aliphatic rings. The predicted molar refractivity (Wildman–Crippen MR) is 81.6 cm³/mol. The Morgan fingerprint density at radius 3 is 2.76 bits per heavy atom. The highest BCUT2D eigenvalue weighted by molar-refractivity contribution is 6.00. The lowest BCUT2D eigenvalue weighted by molar-refractivity contribution is -0.120. The van der Waals surface area contributed by atoms with Crippen molar-refractivity contribution in [1.29, 1.82) is 0 Å². The van der Waals surface area contributed by atoms with Crippen molar-refractivity contribution in [2.24, 2.45) is 5.92 Å². The van der Waals surface area contributed by atoms with E-state index in [0.29, 0.717) is 30.2 Å². The summed E-state index contributed by atoms with van der Waals surface area (Å²) in [5.74, 6) is 0.486. The van der Waals surface area contributed by atoms with Crippen molar-refractivity contribution < 1.29 is 14.3 Å². The van der Waals surface area contributed by atoms with Gasteiger partial charge in [0.1, 0.15) is 12.4 Å². The average molecular weight is 290 g/mol. The highest BCUT2D eigenvalue weighted by atomic mass is 16.5. The molecule has 0 saturated heterocycles. The molecule has 1 aromatic rings. The van der Waals surface area contributed by atoms with E-state index in [4.69, 9.17) is 4.74 Å². The summed E-state index contributed by atoms with van der Waals surface area (Å²) < 4.78 is 5.56. The molecule has 0 atom stereocenters. The quantitative estimate of drug-likeness (QED) is 0.927. The Morgan fingerprint density at radius 1 is 1.38 bits per heavy atom. The van der Waals surface area contributed by atoms with Gasteiger partial charge in [-0.05, 0) is 31.0 Å². The molecule has 114 valence electrons. The van der Waals surface area contributed by atoms with E-state index < -0.39 is 0 Å². The van der Waals surface area contributed by atoms with Crippen molar-refractivity contribution >= 4 is 17.5 Å².